The van der Waals surface area contributed by atoms with Crippen LogP contribution in [0.3, 0.4) is 0 Å². The highest BCUT2D eigenvalue weighted by Gasteiger charge is 2.10. The Labute approximate surface area is 112 Å². The van der Waals surface area contributed by atoms with Gasteiger partial charge in [0.1, 0.15) is 16.8 Å². The van der Waals surface area contributed by atoms with Gasteiger partial charge in [0.25, 0.3) is 5.91 Å². The molecule has 1 heterocycles. The van der Waals surface area contributed by atoms with Crippen LogP contribution < -0.4 is 5.32 Å². The van der Waals surface area contributed by atoms with Gasteiger partial charge in [-0.1, -0.05) is 6.07 Å². The summed E-state index contributed by atoms with van der Waals surface area (Å²) < 4.78 is 8.27. The second-order valence-electron chi connectivity index (χ2n) is 3.94. The summed E-state index contributed by atoms with van der Waals surface area (Å²) in [6.07, 6.45) is 0. The van der Waals surface area contributed by atoms with Crippen LogP contribution in [0.25, 0.3) is 11.0 Å². The standard InChI is InChI=1S/C13H9N3O2S/c17-9-6-4-8(5-7-9)13(18)14-10-2-1-3-11-12(10)16-19-15-11/h1-7,17H,(H,14,18). The molecular weight excluding hydrogens is 262 g/mol. The maximum Gasteiger partial charge on any atom is 0.255 e. The highest BCUT2D eigenvalue weighted by atomic mass is 32.1. The van der Waals surface area contributed by atoms with E-state index in [4.69, 9.17) is 0 Å². The van der Waals surface area contributed by atoms with Crippen LogP contribution in [0, 0.1) is 0 Å². The molecule has 0 radical (unpaired) electrons. The monoisotopic (exact) mass is 271 g/mol. The predicted octanol–water partition coefficient (Wildman–Crippen LogP) is 2.65. The zero-order chi connectivity index (χ0) is 13.2. The number of nitrogens with zero attached hydrogens (tertiary/aromatic N) is 2. The van der Waals surface area contributed by atoms with Crippen molar-refractivity contribution in [2.24, 2.45) is 0 Å². The Hall–Kier alpha value is -2.47. The Morgan fingerprint density at radius 1 is 1.11 bits per heavy atom. The summed E-state index contributed by atoms with van der Waals surface area (Å²) >= 11 is 1.11. The second-order valence-corrected chi connectivity index (χ2v) is 4.47. The zero-order valence-electron chi connectivity index (χ0n) is 9.70. The van der Waals surface area contributed by atoms with Crippen LogP contribution in [-0.4, -0.2) is 19.8 Å². The smallest absolute Gasteiger partial charge is 0.255 e. The number of phenols is 1. The van der Waals surface area contributed by atoms with Gasteiger partial charge in [-0.05, 0) is 36.4 Å². The van der Waals surface area contributed by atoms with Crippen molar-refractivity contribution in [1.29, 1.82) is 0 Å². The highest BCUT2D eigenvalue weighted by Crippen LogP contribution is 2.22. The third kappa shape index (κ3) is 2.25. The quantitative estimate of drug-likeness (QED) is 0.751. The van der Waals surface area contributed by atoms with E-state index in [1.54, 1.807) is 18.2 Å². The fourth-order valence-corrected chi connectivity index (χ4v) is 2.26. The van der Waals surface area contributed by atoms with E-state index in [-0.39, 0.29) is 11.7 Å². The van der Waals surface area contributed by atoms with Crippen LogP contribution in [0.5, 0.6) is 5.75 Å². The first kappa shape index (κ1) is 11.6. The first-order valence-electron chi connectivity index (χ1n) is 5.56. The van der Waals surface area contributed by atoms with Crippen LogP contribution in [-0.2, 0) is 0 Å². The van der Waals surface area contributed by atoms with Crippen LogP contribution >= 0.6 is 11.7 Å². The molecule has 0 saturated heterocycles. The lowest BCUT2D eigenvalue weighted by Crippen LogP contribution is -2.11. The van der Waals surface area contributed by atoms with Gasteiger partial charge in [0.2, 0.25) is 0 Å². The number of hydrogen-bond donors (Lipinski definition) is 2. The Kier molecular flexibility index (Phi) is 2.85. The van der Waals surface area contributed by atoms with E-state index < -0.39 is 0 Å². The van der Waals surface area contributed by atoms with Crippen molar-refractivity contribution in [2.45, 2.75) is 0 Å². The number of aromatic nitrogens is 2. The van der Waals surface area contributed by atoms with Gasteiger partial charge in [-0.25, -0.2) is 0 Å². The van der Waals surface area contributed by atoms with Crippen molar-refractivity contribution in [2.75, 3.05) is 5.32 Å². The summed E-state index contributed by atoms with van der Waals surface area (Å²) in [4.78, 5) is 12.1. The average Bonchev–Trinajstić information content (AvgIpc) is 2.89. The van der Waals surface area contributed by atoms with E-state index in [2.05, 4.69) is 14.1 Å². The fourth-order valence-electron chi connectivity index (χ4n) is 1.71. The molecule has 1 amide bonds. The normalized spacial score (nSPS) is 10.5. The minimum atomic E-state index is -0.250. The number of fused-ring (bicyclic) bond motifs is 1. The molecule has 3 rings (SSSR count). The van der Waals surface area contributed by atoms with Gasteiger partial charge in [-0.2, -0.15) is 8.75 Å². The molecule has 0 aliphatic heterocycles. The van der Waals surface area contributed by atoms with Crippen molar-refractivity contribution in [3.05, 3.63) is 48.0 Å². The molecule has 2 N–H and O–H groups in total. The molecule has 0 saturated carbocycles. The number of carbonyl (C=O) groups is 1. The number of nitrogens with one attached hydrogen (secondary N) is 1. The molecule has 0 atom stereocenters. The predicted molar refractivity (Wildman–Crippen MR) is 73.5 cm³/mol. The summed E-state index contributed by atoms with van der Waals surface area (Å²) in [5.74, 6) is -0.122. The largest absolute Gasteiger partial charge is 0.508 e. The van der Waals surface area contributed by atoms with Gasteiger partial charge in [-0.3, -0.25) is 4.79 Å². The van der Waals surface area contributed by atoms with Crippen LogP contribution in [0.15, 0.2) is 42.5 Å². The molecule has 0 unspecified atom stereocenters. The van der Waals surface area contributed by atoms with Gasteiger partial charge in [0.05, 0.1) is 17.4 Å². The Balaban J connectivity index is 1.90. The maximum absolute atomic E-state index is 12.1. The van der Waals surface area contributed by atoms with E-state index in [1.165, 1.54) is 12.1 Å². The molecule has 5 nitrogen and oxygen atoms in total. The summed E-state index contributed by atoms with van der Waals surface area (Å²) in [5.41, 5.74) is 2.54. The first-order chi connectivity index (χ1) is 9.24. The van der Waals surface area contributed by atoms with Crippen LogP contribution in [0.4, 0.5) is 5.69 Å². The van der Waals surface area contributed by atoms with Gasteiger partial charge in [-0.15, -0.1) is 0 Å². The Bertz CT molecular complexity index is 737. The molecule has 0 spiro atoms. The summed E-state index contributed by atoms with van der Waals surface area (Å²) in [6, 6.07) is 11.5. The number of rotatable bonds is 2. The van der Waals surface area contributed by atoms with Gasteiger partial charge >= 0.3 is 0 Å². The van der Waals surface area contributed by atoms with E-state index in [9.17, 15) is 9.90 Å². The summed E-state index contributed by atoms with van der Waals surface area (Å²) in [7, 11) is 0. The van der Waals surface area contributed by atoms with Gasteiger partial charge < -0.3 is 10.4 Å². The molecule has 3 aromatic rings. The van der Waals surface area contributed by atoms with Crippen molar-refractivity contribution in [1.82, 2.24) is 8.75 Å². The number of benzene rings is 2. The molecule has 0 bridgehead atoms. The molecule has 6 heteroatoms. The summed E-state index contributed by atoms with van der Waals surface area (Å²) in [6.45, 7) is 0. The molecule has 94 valence electrons. The van der Waals surface area contributed by atoms with Crippen LogP contribution in [0.2, 0.25) is 0 Å². The lowest BCUT2D eigenvalue weighted by molar-refractivity contribution is 0.102. The zero-order valence-corrected chi connectivity index (χ0v) is 10.5. The lowest BCUT2D eigenvalue weighted by Gasteiger charge is -2.05. The molecule has 0 aliphatic rings. The lowest BCUT2D eigenvalue weighted by atomic mass is 10.2. The molecule has 0 aliphatic carbocycles. The van der Waals surface area contributed by atoms with Crippen molar-refractivity contribution in [3.8, 4) is 5.75 Å². The minimum Gasteiger partial charge on any atom is -0.508 e. The van der Waals surface area contributed by atoms with E-state index >= 15 is 0 Å². The molecule has 19 heavy (non-hydrogen) atoms. The Morgan fingerprint density at radius 3 is 2.68 bits per heavy atom. The highest BCUT2D eigenvalue weighted by molar-refractivity contribution is 7.00. The maximum atomic E-state index is 12.1. The van der Waals surface area contributed by atoms with Gasteiger partial charge in [0.15, 0.2) is 0 Å². The SMILES string of the molecule is O=C(Nc1cccc2nsnc12)c1ccc(O)cc1. The molecule has 1 aromatic heterocycles. The number of aromatic hydroxyl groups is 1. The van der Waals surface area contributed by atoms with Crippen molar-refractivity contribution < 1.29 is 9.90 Å². The molecule has 2 aromatic carbocycles. The van der Waals surface area contributed by atoms with Crippen LogP contribution in [0.1, 0.15) is 10.4 Å². The third-order valence-corrected chi connectivity index (χ3v) is 3.21. The first-order valence-corrected chi connectivity index (χ1v) is 6.29. The molecule has 0 fully saturated rings. The topological polar surface area (TPSA) is 75.1 Å². The van der Waals surface area contributed by atoms with E-state index in [0.717, 1.165) is 17.2 Å². The third-order valence-electron chi connectivity index (χ3n) is 2.66. The number of amides is 1. The molecular formula is C13H9N3O2S. The number of anilines is 1. The average molecular weight is 271 g/mol. The number of hydrogen-bond acceptors (Lipinski definition) is 5. The second kappa shape index (κ2) is 4.66. The Morgan fingerprint density at radius 2 is 1.89 bits per heavy atom. The van der Waals surface area contributed by atoms with Crippen molar-refractivity contribution in [3.63, 3.8) is 0 Å². The fraction of sp³-hybridized carbons (Fsp3) is 0. The van der Waals surface area contributed by atoms with E-state index in [1.807, 2.05) is 12.1 Å². The number of phenolic OH excluding ortho intramolecular Hbond substituents is 1. The summed E-state index contributed by atoms with van der Waals surface area (Å²) in [5, 5.41) is 12.0. The minimum absolute atomic E-state index is 0.127. The number of carbonyl (C=O) groups excluding carboxylic acids is 1. The van der Waals surface area contributed by atoms with Crippen molar-refractivity contribution >= 4 is 34.4 Å². The van der Waals surface area contributed by atoms with E-state index in [0.29, 0.717) is 16.8 Å². The van der Waals surface area contributed by atoms with Gasteiger partial charge in [0, 0.05) is 5.56 Å².